The van der Waals surface area contributed by atoms with Crippen LogP contribution in [0.3, 0.4) is 0 Å². The van der Waals surface area contributed by atoms with Gasteiger partial charge < -0.3 is 15.2 Å². The first kappa shape index (κ1) is 21.2. The molecule has 5 rings (SSSR count). The maximum absolute atomic E-state index is 12.8. The van der Waals surface area contributed by atoms with E-state index in [-0.39, 0.29) is 17.4 Å². The number of Topliss-reactive ketones (excluding diaryl/α,β-unsaturated/α-hetero) is 1. The molecule has 33 heavy (non-hydrogen) atoms. The number of anilines is 2. The van der Waals surface area contributed by atoms with E-state index in [2.05, 4.69) is 20.3 Å². The third kappa shape index (κ3) is 4.75. The van der Waals surface area contributed by atoms with Gasteiger partial charge in [0.05, 0.1) is 11.3 Å². The maximum atomic E-state index is 12.8. The number of likely N-dealkylation sites (tertiary alicyclic amines) is 1. The SMILES string of the molecule is O=C(CSc1nc(Nc2ccccc2)c2ccccc2n1)c1c[nH]c(C(=O)N2CCCC2)c1. The molecule has 0 atom stereocenters. The molecule has 0 unspecified atom stereocenters. The lowest BCUT2D eigenvalue weighted by molar-refractivity contribution is 0.0787. The van der Waals surface area contributed by atoms with Crippen LogP contribution < -0.4 is 5.32 Å². The molecule has 1 aliphatic heterocycles. The van der Waals surface area contributed by atoms with Crippen molar-refractivity contribution >= 4 is 45.9 Å². The zero-order chi connectivity index (χ0) is 22.6. The van der Waals surface area contributed by atoms with Crippen molar-refractivity contribution in [2.24, 2.45) is 0 Å². The smallest absolute Gasteiger partial charge is 0.270 e. The Morgan fingerprint density at radius 1 is 1.00 bits per heavy atom. The number of benzene rings is 2. The van der Waals surface area contributed by atoms with E-state index < -0.39 is 0 Å². The van der Waals surface area contributed by atoms with Crippen LogP contribution in [0, 0.1) is 0 Å². The highest BCUT2D eigenvalue weighted by atomic mass is 32.2. The Bertz CT molecular complexity index is 1300. The minimum absolute atomic E-state index is 0.0475. The standard InChI is InChI=1S/C25H23N5O2S/c31-22(17-14-21(26-15-17)24(32)30-12-6-7-13-30)16-33-25-28-20-11-5-4-10-19(20)23(29-25)27-18-8-2-1-3-9-18/h1-5,8-11,14-15,26H,6-7,12-13,16H2,(H,27,28,29). The summed E-state index contributed by atoms with van der Waals surface area (Å²) in [6.07, 6.45) is 3.67. The van der Waals surface area contributed by atoms with Gasteiger partial charge in [-0.15, -0.1) is 0 Å². The lowest BCUT2D eigenvalue weighted by Gasteiger charge is -2.13. The van der Waals surface area contributed by atoms with Gasteiger partial charge in [-0.05, 0) is 43.2 Å². The number of H-pyrrole nitrogens is 1. The Labute approximate surface area is 195 Å². The van der Waals surface area contributed by atoms with Gasteiger partial charge in [0.25, 0.3) is 5.91 Å². The molecule has 7 nitrogen and oxygen atoms in total. The second kappa shape index (κ2) is 9.46. The fourth-order valence-electron chi connectivity index (χ4n) is 3.86. The van der Waals surface area contributed by atoms with Gasteiger partial charge in [-0.3, -0.25) is 9.59 Å². The van der Waals surface area contributed by atoms with E-state index in [1.54, 1.807) is 12.3 Å². The van der Waals surface area contributed by atoms with Crippen LogP contribution in [-0.4, -0.2) is 50.4 Å². The fraction of sp³-hybridized carbons (Fsp3) is 0.200. The number of nitrogens with one attached hydrogen (secondary N) is 2. The molecule has 0 radical (unpaired) electrons. The number of fused-ring (bicyclic) bond motifs is 1. The van der Waals surface area contributed by atoms with Crippen molar-refractivity contribution in [1.29, 1.82) is 0 Å². The number of carbonyl (C=O) groups excluding carboxylic acids is 2. The molecule has 2 aromatic heterocycles. The normalized spacial score (nSPS) is 13.4. The first-order valence-electron chi connectivity index (χ1n) is 10.9. The molecule has 2 N–H and O–H groups in total. The van der Waals surface area contributed by atoms with Crippen LogP contribution in [0.1, 0.15) is 33.7 Å². The van der Waals surface area contributed by atoms with E-state index in [1.807, 2.05) is 59.5 Å². The molecule has 1 fully saturated rings. The monoisotopic (exact) mass is 457 g/mol. The van der Waals surface area contributed by atoms with E-state index in [0.717, 1.165) is 42.5 Å². The van der Waals surface area contributed by atoms with Gasteiger partial charge in [0.15, 0.2) is 10.9 Å². The summed E-state index contributed by atoms with van der Waals surface area (Å²) in [5.74, 6) is 0.750. The van der Waals surface area contributed by atoms with Gasteiger partial charge in [0.2, 0.25) is 0 Å². The highest BCUT2D eigenvalue weighted by Crippen LogP contribution is 2.27. The van der Waals surface area contributed by atoms with Gasteiger partial charge in [0, 0.05) is 35.9 Å². The van der Waals surface area contributed by atoms with Crippen molar-refractivity contribution in [3.8, 4) is 0 Å². The number of amides is 1. The minimum Gasteiger partial charge on any atom is -0.356 e. The number of aromatic amines is 1. The number of para-hydroxylation sites is 2. The van der Waals surface area contributed by atoms with Crippen molar-refractivity contribution in [2.45, 2.75) is 18.0 Å². The van der Waals surface area contributed by atoms with E-state index in [0.29, 0.717) is 22.2 Å². The molecule has 166 valence electrons. The number of ketones is 1. The summed E-state index contributed by atoms with van der Waals surface area (Å²) in [7, 11) is 0. The van der Waals surface area contributed by atoms with Crippen molar-refractivity contribution in [3.05, 3.63) is 78.1 Å². The molecule has 1 aliphatic rings. The summed E-state index contributed by atoms with van der Waals surface area (Å²) < 4.78 is 0. The van der Waals surface area contributed by atoms with E-state index in [9.17, 15) is 9.59 Å². The molecule has 1 saturated heterocycles. The van der Waals surface area contributed by atoms with Crippen LogP contribution in [0.25, 0.3) is 10.9 Å². The van der Waals surface area contributed by atoms with Crippen LogP contribution in [0.5, 0.6) is 0 Å². The highest BCUT2D eigenvalue weighted by Gasteiger charge is 2.22. The first-order valence-corrected chi connectivity index (χ1v) is 11.9. The predicted octanol–water partition coefficient (Wildman–Crippen LogP) is 4.91. The average molecular weight is 458 g/mol. The summed E-state index contributed by atoms with van der Waals surface area (Å²) >= 11 is 1.28. The molecule has 0 saturated carbocycles. The summed E-state index contributed by atoms with van der Waals surface area (Å²) in [6, 6.07) is 19.2. The average Bonchev–Trinajstić information content (AvgIpc) is 3.56. The molecule has 0 aliphatic carbocycles. The predicted molar refractivity (Wildman–Crippen MR) is 130 cm³/mol. The second-order valence-electron chi connectivity index (χ2n) is 7.88. The zero-order valence-electron chi connectivity index (χ0n) is 18.0. The van der Waals surface area contributed by atoms with E-state index in [4.69, 9.17) is 0 Å². The second-order valence-corrected chi connectivity index (χ2v) is 8.82. The number of carbonyl (C=O) groups is 2. The summed E-state index contributed by atoms with van der Waals surface area (Å²) in [5.41, 5.74) is 2.69. The molecule has 0 spiro atoms. The van der Waals surface area contributed by atoms with E-state index >= 15 is 0 Å². The quantitative estimate of drug-likeness (QED) is 0.233. The highest BCUT2D eigenvalue weighted by molar-refractivity contribution is 7.99. The fourth-order valence-corrected chi connectivity index (χ4v) is 4.60. The summed E-state index contributed by atoms with van der Waals surface area (Å²) in [5, 5.41) is 4.78. The molecule has 4 aromatic rings. The molecule has 1 amide bonds. The molecular formula is C25H23N5O2S. The van der Waals surface area contributed by atoms with Crippen LogP contribution in [0.4, 0.5) is 11.5 Å². The first-order chi connectivity index (χ1) is 16.2. The molecule has 0 bridgehead atoms. The van der Waals surface area contributed by atoms with Gasteiger partial charge in [-0.1, -0.05) is 42.1 Å². The largest absolute Gasteiger partial charge is 0.356 e. The van der Waals surface area contributed by atoms with Crippen molar-refractivity contribution < 1.29 is 9.59 Å². The molecular weight excluding hydrogens is 434 g/mol. The Morgan fingerprint density at radius 3 is 2.58 bits per heavy atom. The minimum atomic E-state index is -0.0777. The molecule has 3 heterocycles. The molecule has 2 aromatic carbocycles. The number of nitrogens with zero attached hydrogens (tertiary/aromatic N) is 3. The van der Waals surface area contributed by atoms with Gasteiger partial charge in [-0.25, -0.2) is 9.97 Å². The topological polar surface area (TPSA) is 91.0 Å². The Morgan fingerprint density at radius 2 is 1.76 bits per heavy atom. The third-order valence-corrected chi connectivity index (χ3v) is 6.43. The lowest BCUT2D eigenvalue weighted by atomic mass is 10.2. The number of thioether (sulfide) groups is 1. The van der Waals surface area contributed by atoms with Gasteiger partial charge >= 0.3 is 0 Å². The number of rotatable bonds is 7. The summed E-state index contributed by atoms with van der Waals surface area (Å²) in [6.45, 7) is 1.55. The third-order valence-electron chi connectivity index (χ3n) is 5.58. The number of hydrogen-bond donors (Lipinski definition) is 2. The van der Waals surface area contributed by atoms with Gasteiger partial charge in [-0.2, -0.15) is 0 Å². The zero-order valence-corrected chi connectivity index (χ0v) is 18.8. The summed E-state index contributed by atoms with van der Waals surface area (Å²) in [4.78, 5) is 39.4. The lowest BCUT2D eigenvalue weighted by Crippen LogP contribution is -2.27. The van der Waals surface area contributed by atoms with Gasteiger partial charge in [0.1, 0.15) is 11.5 Å². The van der Waals surface area contributed by atoms with Crippen LogP contribution in [0.2, 0.25) is 0 Å². The Balaban J connectivity index is 1.31. The van der Waals surface area contributed by atoms with Crippen LogP contribution in [-0.2, 0) is 0 Å². The Kier molecular flexibility index (Phi) is 6.08. The number of aromatic nitrogens is 3. The van der Waals surface area contributed by atoms with Crippen LogP contribution in [0.15, 0.2) is 72.0 Å². The maximum Gasteiger partial charge on any atom is 0.270 e. The van der Waals surface area contributed by atoms with E-state index in [1.165, 1.54) is 11.8 Å². The van der Waals surface area contributed by atoms with Crippen molar-refractivity contribution in [1.82, 2.24) is 19.9 Å². The van der Waals surface area contributed by atoms with Crippen molar-refractivity contribution in [2.75, 3.05) is 24.2 Å². The Hall–Kier alpha value is -3.65. The molecule has 8 heteroatoms. The number of hydrogen-bond acceptors (Lipinski definition) is 6. The van der Waals surface area contributed by atoms with Crippen LogP contribution >= 0.6 is 11.8 Å². The van der Waals surface area contributed by atoms with Crippen molar-refractivity contribution in [3.63, 3.8) is 0 Å².